The lowest BCUT2D eigenvalue weighted by Crippen LogP contribution is -2.58. The van der Waals surface area contributed by atoms with Crippen molar-refractivity contribution in [3.63, 3.8) is 0 Å². The first kappa shape index (κ1) is 20.0. The summed E-state index contributed by atoms with van der Waals surface area (Å²) in [6.07, 6.45) is 8.24. The van der Waals surface area contributed by atoms with Crippen molar-refractivity contribution in [2.75, 3.05) is 0 Å². The molecular weight excluding hydrogens is 312 g/mol. The van der Waals surface area contributed by atoms with E-state index < -0.39 is 0 Å². The molecule has 2 rings (SSSR count). The molecule has 0 radical (unpaired) electrons. The lowest BCUT2D eigenvalue weighted by molar-refractivity contribution is -0.126. The van der Waals surface area contributed by atoms with Crippen LogP contribution in [-0.4, -0.2) is 27.5 Å². The van der Waals surface area contributed by atoms with Gasteiger partial charge in [0.2, 0.25) is 5.91 Å². The summed E-state index contributed by atoms with van der Waals surface area (Å²) in [6, 6.07) is -0.102. The fourth-order valence-corrected chi connectivity index (χ4v) is 3.59. The number of hydrogen-bond acceptors (Lipinski definition) is 3. The quantitative estimate of drug-likeness (QED) is 0.829. The van der Waals surface area contributed by atoms with E-state index in [1.165, 1.54) is 12.8 Å². The largest absolute Gasteiger partial charge is 0.352 e. The first-order valence-electron chi connectivity index (χ1n) is 9.63. The van der Waals surface area contributed by atoms with Gasteiger partial charge in [-0.1, -0.05) is 47.5 Å². The van der Waals surface area contributed by atoms with Crippen LogP contribution >= 0.6 is 0 Å². The van der Waals surface area contributed by atoms with Crippen LogP contribution in [-0.2, 0) is 17.4 Å². The van der Waals surface area contributed by atoms with Crippen LogP contribution in [0.25, 0.3) is 0 Å². The van der Waals surface area contributed by atoms with Gasteiger partial charge in [0.15, 0.2) is 0 Å². The van der Waals surface area contributed by atoms with Gasteiger partial charge in [-0.05, 0) is 31.1 Å². The summed E-state index contributed by atoms with van der Waals surface area (Å²) in [7, 11) is 2.04. The molecule has 142 valence electrons. The van der Waals surface area contributed by atoms with Crippen molar-refractivity contribution in [2.45, 2.75) is 84.8 Å². The molecule has 1 amide bonds. The van der Waals surface area contributed by atoms with Gasteiger partial charge in [-0.3, -0.25) is 10.1 Å². The highest BCUT2D eigenvalue weighted by atomic mass is 16.2. The van der Waals surface area contributed by atoms with Gasteiger partial charge in [-0.2, -0.15) is 0 Å². The topological polar surface area (TPSA) is 59.0 Å². The molecule has 2 N–H and O–H groups in total. The van der Waals surface area contributed by atoms with Gasteiger partial charge >= 0.3 is 0 Å². The third kappa shape index (κ3) is 4.43. The summed E-state index contributed by atoms with van der Waals surface area (Å²) in [5.41, 5.74) is -0.155. The number of imidazole rings is 1. The summed E-state index contributed by atoms with van der Waals surface area (Å²) in [4.78, 5) is 17.6. The molecule has 5 nitrogen and oxygen atoms in total. The van der Waals surface area contributed by atoms with Crippen molar-refractivity contribution in [2.24, 2.45) is 18.4 Å². The maximum absolute atomic E-state index is 13.0. The van der Waals surface area contributed by atoms with Crippen LogP contribution in [0.1, 0.15) is 73.1 Å². The normalized spacial score (nSPS) is 19.8. The molecular formula is C20H36N4O. The first-order valence-corrected chi connectivity index (χ1v) is 9.63. The maximum Gasteiger partial charge on any atom is 0.237 e. The Hall–Kier alpha value is -1.36. The van der Waals surface area contributed by atoms with Gasteiger partial charge in [0.05, 0.1) is 11.6 Å². The number of carbonyl (C=O) groups excluding carboxylic acids is 1. The zero-order valence-electron chi connectivity index (χ0n) is 17.0. The number of carbonyl (C=O) groups is 1. The zero-order valence-corrected chi connectivity index (χ0v) is 17.0. The highest BCUT2D eigenvalue weighted by Crippen LogP contribution is 2.38. The maximum atomic E-state index is 13.0. The minimum Gasteiger partial charge on any atom is -0.352 e. The van der Waals surface area contributed by atoms with Crippen LogP contribution in [0.4, 0.5) is 0 Å². The minimum absolute atomic E-state index is 0.0436. The number of amides is 1. The van der Waals surface area contributed by atoms with Crippen LogP contribution < -0.4 is 10.6 Å². The van der Waals surface area contributed by atoms with Gasteiger partial charge in [0.1, 0.15) is 5.82 Å². The van der Waals surface area contributed by atoms with Crippen LogP contribution in [0, 0.1) is 11.3 Å². The lowest BCUT2D eigenvalue weighted by atomic mass is 9.87. The molecule has 1 aliphatic carbocycles. The van der Waals surface area contributed by atoms with E-state index in [0.29, 0.717) is 0 Å². The second-order valence-electron chi connectivity index (χ2n) is 9.11. The Kier molecular flexibility index (Phi) is 5.97. The number of aromatic nitrogens is 2. The Morgan fingerprint density at radius 2 is 1.84 bits per heavy atom. The van der Waals surface area contributed by atoms with E-state index >= 15 is 0 Å². The Balaban J connectivity index is 2.22. The third-order valence-electron chi connectivity index (χ3n) is 5.75. The molecule has 1 fully saturated rings. The summed E-state index contributed by atoms with van der Waals surface area (Å²) in [5, 5.41) is 6.96. The zero-order chi connectivity index (χ0) is 18.8. The fraction of sp³-hybridized carbons (Fsp3) is 0.800. The summed E-state index contributed by atoms with van der Waals surface area (Å²) in [6.45, 7) is 12.8. The molecule has 1 aliphatic rings. The van der Waals surface area contributed by atoms with Crippen molar-refractivity contribution in [1.82, 2.24) is 20.2 Å². The van der Waals surface area contributed by atoms with Crippen LogP contribution in [0.3, 0.4) is 0 Å². The van der Waals surface area contributed by atoms with Gasteiger partial charge in [-0.25, -0.2) is 4.98 Å². The van der Waals surface area contributed by atoms with Gasteiger partial charge in [0, 0.05) is 25.5 Å². The second kappa shape index (κ2) is 7.48. The van der Waals surface area contributed by atoms with Crippen molar-refractivity contribution in [1.29, 1.82) is 0 Å². The van der Waals surface area contributed by atoms with E-state index in [4.69, 9.17) is 0 Å². The smallest absolute Gasteiger partial charge is 0.237 e. The number of aryl methyl sites for hydroxylation is 1. The standard InChI is InChI=1S/C20H36N4O/c1-14(2)16(17(25)22-15(3)19(4,5)6)23-20(10-8-9-11-20)18-21-12-13-24(18)7/h12-16,23H,8-11H2,1-7H3,(H,22,25)/t15-,16+/m1/s1. The van der Waals surface area contributed by atoms with E-state index in [9.17, 15) is 4.79 Å². The van der Waals surface area contributed by atoms with Crippen molar-refractivity contribution in [3.05, 3.63) is 18.2 Å². The number of nitrogens with zero attached hydrogens (tertiary/aromatic N) is 2. The molecule has 0 aromatic carbocycles. The monoisotopic (exact) mass is 348 g/mol. The van der Waals surface area contributed by atoms with Crippen LogP contribution in [0.15, 0.2) is 12.4 Å². The molecule has 0 bridgehead atoms. The molecule has 1 heterocycles. The fourth-order valence-electron chi connectivity index (χ4n) is 3.59. The van der Waals surface area contributed by atoms with E-state index in [0.717, 1.165) is 18.7 Å². The minimum atomic E-state index is -0.223. The molecule has 0 spiro atoms. The van der Waals surface area contributed by atoms with Crippen molar-refractivity contribution in [3.8, 4) is 0 Å². The van der Waals surface area contributed by atoms with E-state index in [2.05, 4.69) is 61.7 Å². The molecule has 2 atom stereocenters. The van der Waals surface area contributed by atoms with Gasteiger partial charge < -0.3 is 9.88 Å². The van der Waals surface area contributed by atoms with E-state index in [1.54, 1.807) is 0 Å². The molecule has 1 aromatic rings. The van der Waals surface area contributed by atoms with Crippen molar-refractivity contribution < 1.29 is 4.79 Å². The number of nitrogens with one attached hydrogen (secondary N) is 2. The Morgan fingerprint density at radius 3 is 2.28 bits per heavy atom. The number of rotatable bonds is 6. The summed E-state index contributed by atoms with van der Waals surface area (Å²) in [5.74, 6) is 1.36. The third-order valence-corrected chi connectivity index (χ3v) is 5.75. The van der Waals surface area contributed by atoms with E-state index in [1.807, 2.05) is 19.4 Å². The molecule has 1 saturated carbocycles. The molecule has 25 heavy (non-hydrogen) atoms. The number of hydrogen-bond donors (Lipinski definition) is 2. The first-order chi connectivity index (χ1) is 11.6. The molecule has 0 aliphatic heterocycles. The highest BCUT2D eigenvalue weighted by molar-refractivity contribution is 5.82. The molecule has 5 heteroatoms. The summed E-state index contributed by atoms with van der Waals surface area (Å²) >= 11 is 0. The van der Waals surface area contributed by atoms with Crippen LogP contribution in [0.5, 0.6) is 0 Å². The predicted octanol–water partition coefficient (Wildman–Crippen LogP) is 3.35. The average Bonchev–Trinajstić information content (AvgIpc) is 3.12. The van der Waals surface area contributed by atoms with Gasteiger partial charge in [-0.15, -0.1) is 0 Å². The molecule has 0 unspecified atom stereocenters. The highest BCUT2D eigenvalue weighted by Gasteiger charge is 2.42. The summed E-state index contributed by atoms with van der Waals surface area (Å²) < 4.78 is 2.09. The Morgan fingerprint density at radius 1 is 1.24 bits per heavy atom. The molecule has 1 aromatic heterocycles. The van der Waals surface area contributed by atoms with Crippen molar-refractivity contribution >= 4 is 5.91 Å². The van der Waals surface area contributed by atoms with Gasteiger partial charge in [0.25, 0.3) is 0 Å². The Bertz CT molecular complexity index is 579. The SMILES string of the molecule is CC(C)[C@H](NC1(c2nccn2C)CCCC1)C(=O)N[C@H](C)C(C)(C)C. The predicted molar refractivity (Wildman–Crippen MR) is 102 cm³/mol. The molecule has 0 saturated heterocycles. The average molecular weight is 349 g/mol. The Labute approximate surface area is 153 Å². The van der Waals surface area contributed by atoms with E-state index in [-0.39, 0.29) is 34.9 Å². The van der Waals surface area contributed by atoms with Crippen LogP contribution in [0.2, 0.25) is 0 Å². The second-order valence-corrected chi connectivity index (χ2v) is 9.11. The lowest BCUT2D eigenvalue weighted by Gasteiger charge is -2.37.